The summed E-state index contributed by atoms with van der Waals surface area (Å²) in [6.07, 6.45) is 1.10. The predicted octanol–water partition coefficient (Wildman–Crippen LogP) is 1.79. The predicted molar refractivity (Wildman–Crippen MR) is 72.0 cm³/mol. The SMILES string of the molecule is CCOc1ccc(C2CCN=C3NCCN32)cc1. The molecular weight excluding hydrogens is 226 g/mol. The van der Waals surface area contributed by atoms with Crippen LogP contribution in [0.5, 0.6) is 5.75 Å². The van der Waals surface area contributed by atoms with Gasteiger partial charge in [0.05, 0.1) is 12.6 Å². The molecule has 4 nitrogen and oxygen atoms in total. The van der Waals surface area contributed by atoms with Crippen molar-refractivity contribution in [1.29, 1.82) is 0 Å². The zero-order chi connectivity index (χ0) is 12.4. The number of rotatable bonds is 3. The van der Waals surface area contributed by atoms with Gasteiger partial charge in [-0.3, -0.25) is 4.99 Å². The highest BCUT2D eigenvalue weighted by atomic mass is 16.5. The average molecular weight is 245 g/mol. The van der Waals surface area contributed by atoms with E-state index in [1.165, 1.54) is 5.56 Å². The van der Waals surface area contributed by atoms with E-state index < -0.39 is 0 Å². The van der Waals surface area contributed by atoms with Gasteiger partial charge in [-0.15, -0.1) is 0 Å². The molecule has 3 rings (SSSR count). The molecule has 1 fully saturated rings. The molecule has 1 aromatic carbocycles. The molecule has 0 radical (unpaired) electrons. The van der Waals surface area contributed by atoms with E-state index in [1.54, 1.807) is 0 Å². The topological polar surface area (TPSA) is 36.9 Å². The second-order valence-electron chi connectivity index (χ2n) is 4.63. The average Bonchev–Trinajstić information content (AvgIpc) is 2.88. The Labute approximate surface area is 108 Å². The summed E-state index contributed by atoms with van der Waals surface area (Å²) in [5.41, 5.74) is 1.36. The molecule has 1 unspecified atom stereocenters. The first-order chi connectivity index (χ1) is 8.88. The number of benzene rings is 1. The van der Waals surface area contributed by atoms with E-state index in [4.69, 9.17) is 4.74 Å². The molecule has 1 aromatic rings. The molecule has 2 heterocycles. The van der Waals surface area contributed by atoms with Crippen molar-refractivity contribution in [2.75, 3.05) is 26.2 Å². The lowest BCUT2D eigenvalue weighted by Gasteiger charge is -2.32. The van der Waals surface area contributed by atoms with Gasteiger partial charge < -0.3 is 15.0 Å². The summed E-state index contributed by atoms with van der Waals surface area (Å²) in [5.74, 6) is 2.02. The summed E-state index contributed by atoms with van der Waals surface area (Å²) in [4.78, 5) is 6.90. The van der Waals surface area contributed by atoms with Crippen LogP contribution < -0.4 is 10.1 Å². The molecule has 0 saturated carbocycles. The fraction of sp³-hybridized carbons (Fsp3) is 0.500. The van der Waals surface area contributed by atoms with E-state index in [2.05, 4.69) is 39.5 Å². The van der Waals surface area contributed by atoms with Crippen molar-refractivity contribution in [3.63, 3.8) is 0 Å². The number of fused-ring (bicyclic) bond motifs is 1. The first-order valence-electron chi connectivity index (χ1n) is 6.66. The Bertz CT molecular complexity index is 441. The Kier molecular flexibility index (Phi) is 3.09. The van der Waals surface area contributed by atoms with Crippen LogP contribution in [0.4, 0.5) is 0 Å². The van der Waals surface area contributed by atoms with Gasteiger partial charge in [-0.1, -0.05) is 12.1 Å². The lowest BCUT2D eigenvalue weighted by Crippen LogP contribution is -2.37. The summed E-state index contributed by atoms with van der Waals surface area (Å²) in [7, 11) is 0. The van der Waals surface area contributed by atoms with Crippen LogP contribution >= 0.6 is 0 Å². The maximum Gasteiger partial charge on any atom is 0.194 e. The third kappa shape index (κ3) is 2.03. The van der Waals surface area contributed by atoms with Crippen molar-refractivity contribution in [2.45, 2.75) is 19.4 Å². The van der Waals surface area contributed by atoms with Crippen LogP contribution in [-0.4, -0.2) is 37.1 Å². The van der Waals surface area contributed by atoms with Gasteiger partial charge in [0.15, 0.2) is 5.96 Å². The molecule has 1 atom stereocenters. The first kappa shape index (κ1) is 11.4. The zero-order valence-electron chi connectivity index (χ0n) is 10.7. The number of ether oxygens (including phenoxy) is 1. The van der Waals surface area contributed by atoms with Crippen molar-refractivity contribution >= 4 is 5.96 Å². The molecular formula is C14H19N3O. The van der Waals surface area contributed by atoms with E-state index in [-0.39, 0.29) is 0 Å². The number of nitrogens with one attached hydrogen (secondary N) is 1. The molecule has 1 saturated heterocycles. The monoisotopic (exact) mass is 245 g/mol. The smallest absolute Gasteiger partial charge is 0.194 e. The van der Waals surface area contributed by atoms with E-state index in [1.807, 2.05) is 6.92 Å². The van der Waals surface area contributed by atoms with Crippen molar-refractivity contribution < 1.29 is 4.74 Å². The second kappa shape index (κ2) is 4.88. The first-order valence-corrected chi connectivity index (χ1v) is 6.66. The highest BCUT2D eigenvalue weighted by Crippen LogP contribution is 2.29. The molecule has 96 valence electrons. The molecule has 0 amide bonds. The molecule has 18 heavy (non-hydrogen) atoms. The third-order valence-corrected chi connectivity index (χ3v) is 3.52. The minimum atomic E-state index is 0.461. The third-order valence-electron chi connectivity index (χ3n) is 3.52. The normalized spacial score (nSPS) is 22.2. The Morgan fingerprint density at radius 1 is 1.39 bits per heavy atom. The number of nitrogens with zero attached hydrogens (tertiary/aromatic N) is 2. The van der Waals surface area contributed by atoms with Crippen LogP contribution in [0, 0.1) is 0 Å². The standard InChI is InChI=1S/C14H19N3O/c1-2-18-12-5-3-11(4-6-12)13-7-8-15-14-16-9-10-17(13)14/h3-6,13H,2,7-10H2,1H3,(H,15,16). The number of aliphatic imine (C=N–C) groups is 1. The Hall–Kier alpha value is -1.71. The van der Waals surface area contributed by atoms with Crippen molar-refractivity contribution in [1.82, 2.24) is 10.2 Å². The van der Waals surface area contributed by atoms with Crippen LogP contribution in [-0.2, 0) is 0 Å². The summed E-state index contributed by atoms with van der Waals surface area (Å²) in [5, 5.41) is 3.34. The van der Waals surface area contributed by atoms with E-state index >= 15 is 0 Å². The van der Waals surface area contributed by atoms with Gasteiger partial charge in [-0.05, 0) is 31.0 Å². The quantitative estimate of drug-likeness (QED) is 0.882. The summed E-state index contributed by atoms with van der Waals surface area (Å²) in [6.45, 7) is 5.70. The molecule has 0 bridgehead atoms. The van der Waals surface area contributed by atoms with Crippen molar-refractivity contribution in [3.05, 3.63) is 29.8 Å². The summed E-state index contributed by atoms with van der Waals surface area (Å²) in [6, 6.07) is 8.94. The van der Waals surface area contributed by atoms with E-state index in [9.17, 15) is 0 Å². The van der Waals surface area contributed by atoms with E-state index in [0.29, 0.717) is 6.04 Å². The van der Waals surface area contributed by atoms with Crippen molar-refractivity contribution in [3.8, 4) is 5.75 Å². The molecule has 0 aliphatic carbocycles. The van der Waals surface area contributed by atoms with Gasteiger partial charge >= 0.3 is 0 Å². The molecule has 4 heteroatoms. The number of hydrogen-bond donors (Lipinski definition) is 1. The molecule has 2 aliphatic rings. The Balaban J connectivity index is 1.79. The fourth-order valence-corrected chi connectivity index (χ4v) is 2.69. The largest absolute Gasteiger partial charge is 0.494 e. The van der Waals surface area contributed by atoms with Crippen LogP contribution in [0.25, 0.3) is 0 Å². The minimum absolute atomic E-state index is 0.461. The van der Waals surface area contributed by atoms with Gasteiger partial charge in [-0.25, -0.2) is 0 Å². The van der Waals surface area contributed by atoms with Crippen LogP contribution in [0.3, 0.4) is 0 Å². The Morgan fingerprint density at radius 3 is 3.00 bits per heavy atom. The van der Waals surface area contributed by atoms with Gasteiger partial charge in [0.1, 0.15) is 5.75 Å². The lowest BCUT2D eigenvalue weighted by atomic mass is 10.0. The highest BCUT2D eigenvalue weighted by molar-refractivity contribution is 5.82. The molecule has 0 aromatic heterocycles. The molecule has 1 N–H and O–H groups in total. The number of hydrogen-bond acceptors (Lipinski definition) is 4. The maximum atomic E-state index is 5.49. The fourth-order valence-electron chi connectivity index (χ4n) is 2.69. The van der Waals surface area contributed by atoms with Gasteiger partial charge in [-0.2, -0.15) is 0 Å². The van der Waals surface area contributed by atoms with Crippen LogP contribution in [0.15, 0.2) is 29.3 Å². The molecule has 0 spiro atoms. The van der Waals surface area contributed by atoms with Gasteiger partial charge in [0, 0.05) is 19.6 Å². The maximum absolute atomic E-state index is 5.49. The minimum Gasteiger partial charge on any atom is -0.494 e. The zero-order valence-corrected chi connectivity index (χ0v) is 10.7. The van der Waals surface area contributed by atoms with Gasteiger partial charge in [0.25, 0.3) is 0 Å². The lowest BCUT2D eigenvalue weighted by molar-refractivity contribution is 0.313. The summed E-state index contributed by atoms with van der Waals surface area (Å²) < 4.78 is 5.49. The number of guanidine groups is 1. The van der Waals surface area contributed by atoms with E-state index in [0.717, 1.165) is 44.4 Å². The van der Waals surface area contributed by atoms with Crippen molar-refractivity contribution in [2.24, 2.45) is 4.99 Å². The highest BCUT2D eigenvalue weighted by Gasteiger charge is 2.29. The van der Waals surface area contributed by atoms with Crippen LogP contribution in [0.2, 0.25) is 0 Å². The summed E-state index contributed by atoms with van der Waals surface area (Å²) >= 11 is 0. The Morgan fingerprint density at radius 2 is 2.22 bits per heavy atom. The van der Waals surface area contributed by atoms with Crippen LogP contribution in [0.1, 0.15) is 24.9 Å². The molecule has 2 aliphatic heterocycles. The van der Waals surface area contributed by atoms with Gasteiger partial charge in [0.2, 0.25) is 0 Å². The second-order valence-corrected chi connectivity index (χ2v) is 4.63.